The molecule has 0 unspecified atom stereocenters. The molecular formula is C24H28N4O3Si. The molecule has 3 rings (SSSR count). The van der Waals surface area contributed by atoms with Gasteiger partial charge in [0.1, 0.15) is 18.2 Å². The molecule has 1 N–H and O–H groups in total. The van der Waals surface area contributed by atoms with E-state index in [0.29, 0.717) is 30.4 Å². The van der Waals surface area contributed by atoms with Crippen LogP contribution in [-0.2, 0) is 4.74 Å². The topological polar surface area (TPSA) is 97.5 Å². The summed E-state index contributed by atoms with van der Waals surface area (Å²) >= 11 is 0. The minimum atomic E-state index is -1.12. The van der Waals surface area contributed by atoms with E-state index in [-0.39, 0.29) is 6.73 Å². The van der Waals surface area contributed by atoms with Crippen molar-refractivity contribution in [1.29, 1.82) is 5.41 Å². The van der Waals surface area contributed by atoms with Crippen molar-refractivity contribution in [3.63, 3.8) is 0 Å². The summed E-state index contributed by atoms with van der Waals surface area (Å²) in [6.45, 7) is 7.93. The minimum Gasteiger partial charge on any atom is -0.439 e. The number of carbonyl (C=O) groups excluding carboxylic acids is 1. The van der Waals surface area contributed by atoms with E-state index in [0.717, 1.165) is 34.5 Å². The van der Waals surface area contributed by atoms with Gasteiger partial charge in [-0.1, -0.05) is 25.7 Å². The van der Waals surface area contributed by atoms with E-state index < -0.39 is 8.07 Å². The highest BCUT2D eigenvalue weighted by molar-refractivity contribution is 6.76. The summed E-state index contributed by atoms with van der Waals surface area (Å²) in [6.07, 6.45) is 4.16. The minimum absolute atomic E-state index is 0.281. The predicted molar refractivity (Wildman–Crippen MR) is 130 cm³/mol. The normalized spacial score (nSPS) is 12.0. The highest BCUT2D eigenvalue weighted by Crippen LogP contribution is 2.24. The van der Waals surface area contributed by atoms with Crippen LogP contribution in [0.15, 0.2) is 53.7 Å². The number of aromatic nitrogens is 2. The van der Waals surface area contributed by atoms with Crippen LogP contribution in [0.1, 0.15) is 22.5 Å². The quantitative estimate of drug-likeness (QED) is 0.184. The highest BCUT2D eigenvalue weighted by Gasteiger charge is 2.12. The average Bonchev–Trinajstić information content (AvgIpc) is 2.77. The maximum atomic E-state index is 10.9. The Morgan fingerprint density at radius 3 is 2.69 bits per heavy atom. The Labute approximate surface area is 189 Å². The molecule has 0 saturated heterocycles. The molecule has 0 bridgehead atoms. The third-order valence-corrected chi connectivity index (χ3v) is 6.44. The highest BCUT2D eigenvalue weighted by atomic mass is 28.3. The van der Waals surface area contributed by atoms with Crippen LogP contribution in [0.4, 0.5) is 0 Å². The van der Waals surface area contributed by atoms with Gasteiger partial charge in [-0.2, -0.15) is 0 Å². The summed E-state index contributed by atoms with van der Waals surface area (Å²) < 4.78 is 11.5. The van der Waals surface area contributed by atoms with E-state index in [1.54, 1.807) is 24.4 Å². The number of nitrogens with zero attached hydrogens (tertiary/aromatic N) is 3. The second-order valence-corrected chi connectivity index (χ2v) is 14.2. The molecule has 0 fully saturated rings. The Morgan fingerprint density at radius 1 is 1.16 bits per heavy atom. The van der Waals surface area contributed by atoms with Gasteiger partial charge < -0.3 is 14.9 Å². The number of hydrogen-bond donors (Lipinski definition) is 1. The summed E-state index contributed by atoms with van der Waals surface area (Å²) in [4.78, 5) is 24.0. The smallest absolute Gasteiger partial charge is 0.219 e. The first kappa shape index (κ1) is 23.4. The van der Waals surface area contributed by atoms with Gasteiger partial charge in [-0.15, -0.1) is 0 Å². The molecule has 0 aliphatic carbocycles. The zero-order valence-electron chi connectivity index (χ0n) is 18.7. The number of carbonyl (C=O) groups is 1. The van der Waals surface area contributed by atoms with Crippen LogP contribution in [0, 0.1) is 5.41 Å². The van der Waals surface area contributed by atoms with Crippen molar-refractivity contribution in [3.8, 4) is 11.6 Å². The lowest BCUT2D eigenvalue weighted by atomic mass is 10.1. The molecule has 2 aromatic heterocycles. The Balaban J connectivity index is 1.65. The van der Waals surface area contributed by atoms with Gasteiger partial charge in [-0.05, 0) is 36.4 Å². The van der Waals surface area contributed by atoms with E-state index in [2.05, 4.69) is 34.6 Å². The summed E-state index contributed by atoms with van der Waals surface area (Å²) in [7, 11) is -1.12. The van der Waals surface area contributed by atoms with E-state index in [1.807, 2.05) is 24.3 Å². The molecule has 0 atom stereocenters. The van der Waals surface area contributed by atoms with Gasteiger partial charge in [-0.25, -0.2) is 9.97 Å². The molecule has 32 heavy (non-hydrogen) atoms. The first-order valence-electron chi connectivity index (χ1n) is 10.5. The van der Waals surface area contributed by atoms with E-state index in [4.69, 9.17) is 14.9 Å². The van der Waals surface area contributed by atoms with Crippen LogP contribution >= 0.6 is 0 Å². The molecule has 0 amide bonds. The number of rotatable bonds is 11. The van der Waals surface area contributed by atoms with Gasteiger partial charge in [0.15, 0.2) is 6.29 Å². The van der Waals surface area contributed by atoms with Gasteiger partial charge in [-0.3, -0.25) is 9.79 Å². The van der Waals surface area contributed by atoms with Crippen molar-refractivity contribution < 1.29 is 14.3 Å². The van der Waals surface area contributed by atoms with Crippen LogP contribution in [0.2, 0.25) is 25.7 Å². The average molecular weight is 449 g/mol. The fraction of sp³-hybridized carbons (Fsp3) is 0.292. The Morgan fingerprint density at radius 2 is 2.00 bits per heavy atom. The fourth-order valence-electron chi connectivity index (χ4n) is 2.92. The first-order chi connectivity index (χ1) is 15.4. The van der Waals surface area contributed by atoms with Crippen LogP contribution in [0.25, 0.3) is 10.9 Å². The molecule has 1 aromatic carbocycles. The molecule has 8 heteroatoms. The van der Waals surface area contributed by atoms with Crippen LogP contribution in [-0.4, -0.2) is 49.6 Å². The number of aliphatic imine (C=N–C) groups is 1. The molecule has 7 nitrogen and oxygen atoms in total. The second-order valence-electron chi connectivity index (χ2n) is 8.56. The molecule has 2 heterocycles. The maximum absolute atomic E-state index is 10.9. The number of aldehydes is 1. The summed E-state index contributed by atoms with van der Waals surface area (Å²) in [5.41, 5.74) is 2.71. The van der Waals surface area contributed by atoms with E-state index >= 15 is 0 Å². The number of pyridine rings is 2. The molecule has 166 valence electrons. The van der Waals surface area contributed by atoms with Gasteiger partial charge in [0.25, 0.3) is 0 Å². The Bertz CT molecular complexity index is 1110. The maximum Gasteiger partial charge on any atom is 0.219 e. The van der Waals surface area contributed by atoms with Crippen molar-refractivity contribution >= 4 is 37.2 Å². The molecular weight excluding hydrogens is 420 g/mol. The summed E-state index contributed by atoms with van der Waals surface area (Å²) in [5, 5.41) is 8.33. The standard InChI is InChI=1S/C24H28N4O3Si/c1-32(2,3)13-12-30-17-27-22(10-11-25)19-5-9-24(26-15-19)31-21-7-8-23-18(14-21)4-6-20(16-29)28-23/h4-9,11,14-16,25H,10,12-13,17H2,1-3H3. The predicted octanol–water partition coefficient (Wildman–Crippen LogP) is 5.38. The SMILES string of the molecule is C[Si](C)(C)CCOCN=C(CC=N)c1ccc(Oc2ccc3nc(C=O)ccc3c2)nc1. The van der Waals surface area contributed by atoms with Crippen LogP contribution in [0.5, 0.6) is 11.6 Å². The van der Waals surface area contributed by atoms with Gasteiger partial charge >= 0.3 is 0 Å². The first-order valence-corrected chi connectivity index (χ1v) is 14.2. The molecule has 0 aliphatic rings. The Hall–Kier alpha value is -3.23. The third kappa shape index (κ3) is 6.90. The third-order valence-electron chi connectivity index (χ3n) is 4.73. The number of nitrogens with one attached hydrogen (secondary N) is 1. The second kappa shape index (κ2) is 10.9. The lowest BCUT2D eigenvalue weighted by molar-refractivity contribution is 0.111. The van der Waals surface area contributed by atoms with E-state index in [9.17, 15) is 4.79 Å². The Kier molecular flexibility index (Phi) is 7.96. The number of fused-ring (bicyclic) bond motifs is 1. The van der Waals surface area contributed by atoms with Crippen molar-refractivity contribution in [3.05, 3.63) is 59.9 Å². The van der Waals surface area contributed by atoms with Crippen molar-refractivity contribution in [2.45, 2.75) is 32.1 Å². The van der Waals surface area contributed by atoms with Crippen molar-refractivity contribution in [2.75, 3.05) is 13.3 Å². The van der Waals surface area contributed by atoms with Crippen LogP contribution in [0.3, 0.4) is 0 Å². The van der Waals surface area contributed by atoms with Crippen molar-refractivity contribution in [2.24, 2.45) is 4.99 Å². The lowest BCUT2D eigenvalue weighted by Crippen LogP contribution is -2.21. The summed E-state index contributed by atoms with van der Waals surface area (Å²) in [5.74, 6) is 1.08. The van der Waals surface area contributed by atoms with Gasteiger partial charge in [0, 0.05) is 50.5 Å². The summed E-state index contributed by atoms with van der Waals surface area (Å²) in [6, 6.07) is 13.7. The van der Waals surface area contributed by atoms with E-state index in [1.165, 1.54) is 6.21 Å². The van der Waals surface area contributed by atoms with Gasteiger partial charge in [0.2, 0.25) is 5.88 Å². The molecule has 0 aliphatic heterocycles. The molecule has 0 radical (unpaired) electrons. The fourth-order valence-corrected chi connectivity index (χ4v) is 3.67. The van der Waals surface area contributed by atoms with Gasteiger partial charge in [0.05, 0.1) is 11.2 Å². The van der Waals surface area contributed by atoms with Crippen LogP contribution < -0.4 is 4.74 Å². The number of hydrogen-bond acceptors (Lipinski definition) is 7. The zero-order chi connectivity index (χ0) is 23.0. The number of ether oxygens (including phenoxy) is 2. The largest absolute Gasteiger partial charge is 0.439 e. The zero-order valence-corrected chi connectivity index (χ0v) is 19.7. The molecule has 0 saturated carbocycles. The molecule has 0 spiro atoms. The number of benzene rings is 1. The lowest BCUT2D eigenvalue weighted by Gasteiger charge is -2.14. The molecule has 3 aromatic rings. The van der Waals surface area contributed by atoms with Crippen molar-refractivity contribution in [1.82, 2.24) is 9.97 Å². The monoisotopic (exact) mass is 448 g/mol.